The number of hydrogen-bond donors (Lipinski definition) is 1. The fraction of sp³-hybridized carbons (Fsp3) is 0.350. The predicted molar refractivity (Wildman–Crippen MR) is 97.7 cm³/mol. The van der Waals surface area contributed by atoms with E-state index in [-0.39, 0.29) is 23.4 Å². The molecule has 1 aliphatic rings. The summed E-state index contributed by atoms with van der Waals surface area (Å²) in [4.78, 5) is 28.9. The van der Waals surface area contributed by atoms with Crippen LogP contribution in [0.1, 0.15) is 42.2 Å². The van der Waals surface area contributed by atoms with Crippen molar-refractivity contribution in [1.82, 2.24) is 10.3 Å². The van der Waals surface area contributed by atoms with E-state index in [9.17, 15) is 9.59 Å². The van der Waals surface area contributed by atoms with Crippen LogP contribution in [-0.2, 0) is 9.53 Å². The van der Waals surface area contributed by atoms with Gasteiger partial charge in [-0.1, -0.05) is 18.2 Å². The number of rotatable bonds is 6. The Balaban J connectivity index is 1.64. The number of para-hydroxylation sites is 1. The molecular formula is C20H22N2O5. The normalized spacial score (nSPS) is 16.4. The molecule has 0 aliphatic carbocycles. The number of ether oxygens (including phenoxy) is 3. The molecule has 2 heterocycles. The molecule has 7 heteroatoms. The largest absolute Gasteiger partial charge is 0.493 e. The van der Waals surface area contributed by atoms with E-state index < -0.39 is 12.1 Å². The van der Waals surface area contributed by atoms with E-state index in [1.54, 1.807) is 19.1 Å². The van der Waals surface area contributed by atoms with Gasteiger partial charge in [0.05, 0.1) is 19.3 Å². The number of amides is 1. The van der Waals surface area contributed by atoms with Crippen molar-refractivity contribution in [2.45, 2.75) is 32.4 Å². The average Bonchev–Trinajstić information content (AvgIpc) is 2.69. The summed E-state index contributed by atoms with van der Waals surface area (Å²) < 4.78 is 16.2. The van der Waals surface area contributed by atoms with Crippen molar-refractivity contribution in [3.05, 3.63) is 53.7 Å². The van der Waals surface area contributed by atoms with Gasteiger partial charge in [-0.05, 0) is 32.0 Å². The molecule has 1 aromatic heterocycles. The fourth-order valence-corrected chi connectivity index (χ4v) is 2.86. The van der Waals surface area contributed by atoms with Crippen LogP contribution in [0, 0.1) is 0 Å². The van der Waals surface area contributed by atoms with Gasteiger partial charge >= 0.3 is 5.97 Å². The number of esters is 1. The van der Waals surface area contributed by atoms with Gasteiger partial charge < -0.3 is 19.5 Å². The van der Waals surface area contributed by atoms with E-state index in [1.807, 2.05) is 24.3 Å². The first kappa shape index (κ1) is 18.7. The molecule has 0 fully saturated rings. The fourth-order valence-electron chi connectivity index (χ4n) is 2.86. The van der Waals surface area contributed by atoms with Gasteiger partial charge in [0.25, 0.3) is 5.91 Å². The highest BCUT2D eigenvalue weighted by atomic mass is 16.6. The molecule has 2 aromatic rings. The first-order valence-corrected chi connectivity index (χ1v) is 8.91. The Hall–Kier alpha value is -3.09. The summed E-state index contributed by atoms with van der Waals surface area (Å²) in [6.45, 7) is 4.22. The minimum atomic E-state index is -0.956. The molecule has 1 amide bonds. The smallest absolute Gasteiger partial charge is 0.344 e. The molecule has 142 valence electrons. The first-order chi connectivity index (χ1) is 13.1. The van der Waals surface area contributed by atoms with E-state index in [0.29, 0.717) is 19.6 Å². The molecule has 1 aliphatic heterocycles. The Morgan fingerprint density at radius 2 is 2.11 bits per heavy atom. The van der Waals surface area contributed by atoms with Crippen molar-refractivity contribution in [3.63, 3.8) is 0 Å². The van der Waals surface area contributed by atoms with Crippen LogP contribution in [0.5, 0.6) is 11.6 Å². The van der Waals surface area contributed by atoms with Crippen LogP contribution in [0.2, 0.25) is 0 Å². The maximum atomic E-state index is 12.5. The third-order valence-corrected chi connectivity index (χ3v) is 4.20. The lowest BCUT2D eigenvalue weighted by atomic mass is 10.0. The number of benzene rings is 1. The minimum absolute atomic E-state index is 0.180. The Bertz CT molecular complexity index is 824. The summed E-state index contributed by atoms with van der Waals surface area (Å²) in [6.07, 6.45) is 1.23. The van der Waals surface area contributed by atoms with Crippen LogP contribution in [-0.4, -0.2) is 36.2 Å². The Labute approximate surface area is 157 Å². The maximum absolute atomic E-state index is 12.5. The molecule has 1 N–H and O–H groups in total. The molecule has 3 rings (SSSR count). The maximum Gasteiger partial charge on any atom is 0.344 e. The average molecular weight is 370 g/mol. The number of fused-ring (bicyclic) bond motifs is 1. The molecular weight excluding hydrogens is 348 g/mol. The molecule has 0 saturated heterocycles. The van der Waals surface area contributed by atoms with Crippen molar-refractivity contribution in [2.75, 3.05) is 13.2 Å². The van der Waals surface area contributed by atoms with Gasteiger partial charge in [-0.2, -0.15) is 0 Å². The highest BCUT2D eigenvalue weighted by Crippen LogP contribution is 2.31. The van der Waals surface area contributed by atoms with Gasteiger partial charge in [0.1, 0.15) is 11.3 Å². The van der Waals surface area contributed by atoms with Gasteiger partial charge in [-0.25, -0.2) is 9.78 Å². The van der Waals surface area contributed by atoms with Crippen molar-refractivity contribution < 1.29 is 23.8 Å². The molecule has 27 heavy (non-hydrogen) atoms. The summed E-state index contributed by atoms with van der Waals surface area (Å²) in [7, 11) is 0. The third kappa shape index (κ3) is 4.36. The highest BCUT2D eigenvalue weighted by Gasteiger charge is 2.27. The first-order valence-electron chi connectivity index (χ1n) is 8.91. The standard InChI is InChI=1S/C20H22N2O5/c1-3-25-19-15(8-6-11-21-19)20(24)27-13(2)18(23)22-16-10-12-26-17-9-5-4-7-14(16)17/h4-9,11,13,16H,3,10,12H2,1-2H3,(H,22,23). The summed E-state index contributed by atoms with van der Waals surface area (Å²) in [6, 6.07) is 10.6. The van der Waals surface area contributed by atoms with Crippen LogP contribution in [0.4, 0.5) is 0 Å². The van der Waals surface area contributed by atoms with E-state index in [4.69, 9.17) is 14.2 Å². The number of carbonyl (C=O) groups excluding carboxylic acids is 2. The summed E-state index contributed by atoms with van der Waals surface area (Å²) in [5, 5.41) is 2.93. The van der Waals surface area contributed by atoms with Crippen LogP contribution < -0.4 is 14.8 Å². The topological polar surface area (TPSA) is 86.8 Å². The molecule has 7 nitrogen and oxygen atoms in total. The summed E-state index contributed by atoms with van der Waals surface area (Å²) in [5.74, 6) is -0.0696. The molecule has 2 atom stereocenters. The number of nitrogens with zero attached hydrogens (tertiary/aromatic N) is 1. The van der Waals surface area contributed by atoms with E-state index in [2.05, 4.69) is 10.3 Å². The van der Waals surface area contributed by atoms with Crippen LogP contribution in [0.3, 0.4) is 0 Å². The summed E-state index contributed by atoms with van der Waals surface area (Å²) >= 11 is 0. The Kier molecular flexibility index (Phi) is 5.90. The number of carbonyl (C=O) groups is 2. The van der Waals surface area contributed by atoms with Gasteiger partial charge in [0, 0.05) is 18.2 Å². The zero-order valence-corrected chi connectivity index (χ0v) is 15.3. The summed E-state index contributed by atoms with van der Waals surface area (Å²) in [5.41, 5.74) is 1.11. The number of hydrogen-bond acceptors (Lipinski definition) is 6. The zero-order chi connectivity index (χ0) is 19.2. The second-order valence-corrected chi connectivity index (χ2v) is 6.07. The van der Waals surface area contributed by atoms with Crippen molar-refractivity contribution >= 4 is 11.9 Å². The van der Waals surface area contributed by atoms with E-state index >= 15 is 0 Å². The lowest BCUT2D eigenvalue weighted by molar-refractivity contribution is -0.130. The molecule has 0 spiro atoms. The van der Waals surface area contributed by atoms with Gasteiger partial charge in [-0.3, -0.25) is 4.79 Å². The second-order valence-electron chi connectivity index (χ2n) is 6.07. The number of nitrogens with one attached hydrogen (secondary N) is 1. The number of aromatic nitrogens is 1. The Morgan fingerprint density at radius 1 is 1.30 bits per heavy atom. The zero-order valence-electron chi connectivity index (χ0n) is 15.3. The monoisotopic (exact) mass is 370 g/mol. The minimum Gasteiger partial charge on any atom is -0.493 e. The lowest BCUT2D eigenvalue weighted by Gasteiger charge is -2.27. The van der Waals surface area contributed by atoms with Crippen molar-refractivity contribution in [3.8, 4) is 11.6 Å². The third-order valence-electron chi connectivity index (χ3n) is 4.20. The molecule has 0 saturated carbocycles. The lowest BCUT2D eigenvalue weighted by Crippen LogP contribution is -2.39. The van der Waals surface area contributed by atoms with Crippen LogP contribution in [0.25, 0.3) is 0 Å². The predicted octanol–water partition coefficient (Wildman–Crippen LogP) is 2.67. The van der Waals surface area contributed by atoms with Gasteiger partial charge in [0.15, 0.2) is 6.10 Å². The van der Waals surface area contributed by atoms with Crippen LogP contribution >= 0.6 is 0 Å². The molecule has 0 bridgehead atoms. The van der Waals surface area contributed by atoms with Crippen molar-refractivity contribution in [1.29, 1.82) is 0 Å². The highest BCUT2D eigenvalue weighted by molar-refractivity contribution is 5.94. The number of pyridine rings is 1. The molecule has 0 radical (unpaired) electrons. The van der Waals surface area contributed by atoms with Gasteiger partial charge in [-0.15, -0.1) is 0 Å². The molecule has 2 unspecified atom stereocenters. The van der Waals surface area contributed by atoms with E-state index in [0.717, 1.165) is 11.3 Å². The van der Waals surface area contributed by atoms with Crippen LogP contribution in [0.15, 0.2) is 42.6 Å². The quantitative estimate of drug-likeness (QED) is 0.787. The van der Waals surface area contributed by atoms with Gasteiger partial charge in [0.2, 0.25) is 5.88 Å². The Morgan fingerprint density at radius 3 is 2.93 bits per heavy atom. The molecule has 1 aromatic carbocycles. The SMILES string of the molecule is CCOc1ncccc1C(=O)OC(C)C(=O)NC1CCOc2ccccc21. The van der Waals surface area contributed by atoms with Crippen molar-refractivity contribution in [2.24, 2.45) is 0 Å². The second kappa shape index (κ2) is 8.53. The van der Waals surface area contributed by atoms with E-state index in [1.165, 1.54) is 13.1 Å².